The Labute approximate surface area is 166 Å². The van der Waals surface area contributed by atoms with E-state index in [2.05, 4.69) is 52.1 Å². The third kappa shape index (κ3) is 2.90. The standard InChI is InChI=1S/C21H21ClN2S2/c1-11-8-13(3)18-15(9-11)17-19(21(4,5)24-18)25-26-20(17)23-16-7-6-14(22)10-12(16)2/h6-10,24H,1-5H3. The van der Waals surface area contributed by atoms with Crippen LogP contribution < -0.4 is 9.99 Å². The van der Waals surface area contributed by atoms with Crippen molar-refractivity contribution >= 4 is 43.7 Å². The average Bonchev–Trinajstić information content (AvgIpc) is 2.97. The summed E-state index contributed by atoms with van der Waals surface area (Å²) in [5, 5.41) is 4.49. The quantitative estimate of drug-likeness (QED) is 0.439. The molecule has 0 aliphatic carbocycles. The molecule has 1 aliphatic heterocycles. The van der Waals surface area contributed by atoms with Gasteiger partial charge in [-0.3, -0.25) is 0 Å². The number of fused-ring (bicyclic) bond motifs is 3. The molecule has 0 amide bonds. The first-order valence-electron chi connectivity index (χ1n) is 8.60. The predicted molar refractivity (Wildman–Crippen MR) is 115 cm³/mol. The highest BCUT2D eigenvalue weighted by molar-refractivity contribution is 7.68. The Kier molecular flexibility index (Phi) is 4.25. The molecule has 0 saturated heterocycles. The van der Waals surface area contributed by atoms with E-state index in [-0.39, 0.29) is 5.54 Å². The van der Waals surface area contributed by atoms with Crippen LogP contribution in [0.15, 0.2) is 35.3 Å². The van der Waals surface area contributed by atoms with E-state index in [0.717, 1.165) is 20.9 Å². The highest BCUT2D eigenvalue weighted by Crippen LogP contribution is 2.46. The van der Waals surface area contributed by atoms with Crippen molar-refractivity contribution in [2.75, 3.05) is 5.32 Å². The fourth-order valence-electron chi connectivity index (χ4n) is 3.54. The Morgan fingerprint density at radius 1 is 1.00 bits per heavy atom. The molecule has 0 atom stereocenters. The maximum absolute atomic E-state index is 6.11. The number of anilines is 1. The van der Waals surface area contributed by atoms with Gasteiger partial charge in [-0.1, -0.05) is 43.9 Å². The molecule has 0 fully saturated rings. The molecule has 2 nitrogen and oxygen atoms in total. The van der Waals surface area contributed by atoms with Gasteiger partial charge in [-0.15, -0.1) is 0 Å². The van der Waals surface area contributed by atoms with Crippen LogP contribution in [0.5, 0.6) is 0 Å². The molecule has 4 rings (SSSR count). The van der Waals surface area contributed by atoms with Crippen molar-refractivity contribution in [1.82, 2.24) is 0 Å². The van der Waals surface area contributed by atoms with E-state index in [4.69, 9.17) is 16.6 Å². The lowest BCUT2D eigenvalue weighted by molar-refractivity contribution is 0.618. The number of halogens is 1. The van der Waals surface area contributed by atoms with Gasteiger partial charge in [0.15, 0.2) is 0 Å². The van der Waals surface area contributed by atoms with Crippen molar-refractivity contribution in [3.05, 3.63) is 61.6 Å². The zero-order valence-electron chi connectivity index (χ0n) is 15.5. The largest absolute Gasteiger partial charge is 0.374 e. The first kappa shape index (κ1) is 17.8. The van der Waals surface area contributed by atoms with E-state index in [1.165, 1.54) is 32.8 Å². The maximum Gasteiger partial charge on any atom is 0.135 e. The minimum absolute atomic E-state index is 0.105. The zero-order valence-corrected chi connectivity index (χ0v) is 17.9. The van der Waals surface area contributed by atoms with Crippen LogP contribution in [-0.4, -0.2) is 0 Å². The van der Waals surface area contributed by atoms with E-state index in [0.29, 0.717) is 0 Å². The highest BCUT2D eigenvalue weighted by Gasteiger charge is 2.34. The average molecular weight is 401 g/mol. The second-order valence-corrected chi connectivity index (χ2v) is 10.0. The predicted octanol–water partition coefficient (Wildman–Crippen LogP) is 6.95. The van der Waals surface area contributed by atoms with E-state index in [9.17, 15) is 0 Å². The molecule has 5 heteroatoms. The lowest BCUT2D eigenvalue weighted by atomic mass is 9.87. The number of benzene rings is 2. The molecule has 1 N–H and O–H groups in total. The van der Waals surface area contributed by atoms with Gasteiger partial charge in [0, 0.05) is 21.8 Å². The van der Waals surface area contributed by atoms with Crippen molar-refractivity contribution in [2.45, 2.75) is 40.2 Å². The van der Waals surface area contributed by atoms with Gasteiger partial charge in [-0.25, -0.2) is 4.99 Å². The molecule has 0 radical (unpaired) electrons. The topological polar surface area (TPSA) is 24.4 Å². The Morgan fingerprint density at radius 3 is 2.50 bits per heavy atom. The van der Waals surface area contributed by atoms with Crippen molar-refractivity contribution < 1.29 is 0 Å². The Balaban J connectivity index is 2.02. The minimum atomic E-state index is -0.105. The van der Waals surface area contributed by atoms with Gasteiger partial charge in [0.25, 0.3) is 0 Å². The van der Waals surface area contributed by atoms with Crippen LogP contribution in [0.25, 0.3) is 11.1 Å². The van der Waals surface area contributed by atoms with Gasteiger partial charge in [0.05, 0.1) is 16.1 Å². The SMILES string of the molecule is Cc1cc(C)c2c(c1)-c1c(ssc1=Nc1ccc(Cl)cc1C)C(C)(C)N2. The molecule has 2 aromatic carbocycles. The molecule has 2 heterocycles. The number of nitrogens with one attached hydrogen (secondary N) is 1. The molecule has 1 aromatic heterocycles. The first-order chi connectivity index (χ1) is 12.3. The Morgan fingerprint density at radius 2 is 1.77 bits per heavy atom. The maximum atomic E-state index is 6.11. The van der Waals surface area contributed by atoms with Crippen molar-refractivity contribution in [3.63, 3.8) is 0 Å². The van der Waals surface area contributed by atoms with Crippen LogP contribution in [0.1, 0.15) is 35.4 Å². The molecule has 1 aliphatic rings. The van der Waals surface area contributed by atoms with Crippen LogP contribution in [0, 0.1) is 20.8 Å². The third-order valence-electron chi connectivity index (χ3n) is 4.78. The van der Waals surface area contributed by atoms with Gasteiger partial charge in [0.1, 0.15) is 4.67 Å². The summed E-state index contributed by atoms with van der Waals surface area (Å²) in [4.78, 5) is 6.37. The van der Waals surface area contributed by atoms with Crippen molar-refractivity contribution in [1.29, 1.82) is 0 Å². The summed E-state index contributed by atoms with van der Waals surface area (Å²) >= 11 is 6.11. The molecular formula is C21H21ClN2S2. The molecule has 26 heavy (non-hydrogen) atoms. The Hall–Kier alpha value is -1.62. The summed E-state index contributed by atoms with van der Waals surface area (Å²) in [6.45, 7) is 10.9. The first-order valence-corrected chi connectivity index (χ1v) is 11.1. The van der Waals surface area contributed by atoms with Crippen LogP contribution in [0.3, 0.4) is 0 Å². The number of hydrogen-bond acceptors (Lipinski definition) is 4. The molecule has 134 valence electrons. The lowest BCUT2D eigenvalue weighted by Crippen LogP contribution is -2.32. The van der Waals surface area contributed by atoms with E-state index < -0.39 is 0 Å². The summed E-state index contributed by atoms with van der Waals surface area (Å²) in [5.41, 5.74) is 8.29. The van der Waals surface area contributed by atoms with Gasteiger partial charge >= 0.3 is 0 Å². The summed E-state index contributed by atoms with van der Waals surface area (Å²) < 4.78 is 1.08. The van der Waals surface area contributed by atoms with E-state index in [1.807, 2.05) is 28.5 Å². The van der Waals surface area contributed by atoms with Gasteiger partial charge in [0.2, 0.25) is 0 Å². The van der Waals surface area contributed by atoms with Gasteiger partial charge < -0.3 is 5.32 Å². The molecule has 0 spiro atoms. The normalized spacial score (nSPS) is 15.4. The molecule has 0 bridgehead atoms. The molecule has 0 unspecified atom stereocenters. The monoisotopic (exact) mass is 400 g/mol. The van der Waals surface area contributed by atoms with Crippen molar-refractivity contribution in [2.24, 2.45) is 4.99 Å². The number of nitrogens with zero attached hydrogens (tertiary/aromatic N) is 1. The lowest BCUT2D eigenvalue weighted by Gasteiger charge is -2.34. The van der Waals surface area contributed by atoms with E-state index in [1.54, 1.807) is 10.3 Å². The van der Waals surface area contributed by atoms with Crippen LogP contribution in [0.4, 0.5) is 11.4 Å². The van der Waals surface area contributed by atoms with Gasteiger partial charge in [-0.05, 0) is 70.0 Å². The zero-order chi connectivity index (χ0) is 18.6. The number of aryl methyl sites for hydroxylation is 3. The molecular weight excluding hydrogens is 380 g/mol. The van der Waals surface area contributed by atoms with Crippen LogP contribution >= 0.6 is 32.3 Å². The summed E-state index contributed by atoms with van der Waals surface area (Å²) in [6.07, 6.45) is 0. The highest BCUT2D eigenvalue weighted by atomic mass is 35.5. The number of rotatable bonds is 1. The summed E-state index contributed by atoms with van der Waals surface area (Å²) in [7, 11) is 3.57. The molecule has 3 aromatic rings. The minimum Gasteiger partial charge on any atom is -0.374 e. The number of hydrogen-bond donors (Lipinski definition) is 1. The van der Waals surface area contributed by atoms with Gasteiger partial charge in [-0.2, -0.15) is 0 Å². The molecule has 0 saturated carbocycles. The van der Waals surface area contributed by atoms with Crippen LogP contribution in [0.2, 0.25) is 5.02 Å². The fraction of sp³-hybridized carbons (Fsp3) is 0.286. The van der Waals surface area contributed by atoms with E-state index >= 15 is 0 Å². The fourth-order valence-corrected chi connectivity index (χ4v) is 6.70. The second-order valence-electron chi connectivity index (χ2n) is 7.47. The summed E-state index contributed by atoms with van der Waals surface area (Å²) in [6, 6.07) is 10.4. The third-order valence-corrected chi connectivity index (χ3v) is 7.66. The van der Waals surface area contributed by atoms with Crippen molar-refractivity contribution in [3.8, 4) is 11.1 Å². The second kappa shape index (κ2) is 6.22. The summed E-state index contributed by atoms with van der Waals surface area (Å²) in [5.74, 6) is 0. The Bertz CT molecular complexity index is 1090. The van der Waals surface area contributed by atoms with Crippen LogP contribution in [-0.2, 0) is 5.54 Å². The smallest absolute Gasteiger partial charge is 0.135 e.